The van der Waals surface area contributed by atoms with Crippen LogP contribution in [0.3, 0.4) is 0 Å². The molecule has 1 N–H and O–H groups in total. The van der Waals surface area contributed by atoms with Gasteiger partial charge in [-0.25, -0.2) is 9.97 Å². The second-order valence-corrected chi connectivity index (χ2v) is 9.69. The van der Waals surface area contributed by atoms with Gasteiger partial charge >= 0.3 is 0 Å². The number of halogens is 1. The molecule has 2 aromatic heterocycles. The zero-order valence-corrected chi connectivity index (χ0v) is 20.6. The number of nitrogens with one attached hydrogen (secondary N) is 1. The summed E-state index contributed by atoms with van der Waals surface area (Å²) in [5.41, 5.74) is 1.35. The Morgan fingerprint density at radius 2 is 1.70 bits per heavy atom. The van der Waals surface area contributed by atoms with Gasteiger partial charge in [0, 0.05) is 68.8 Å². The van der Waals surface area contributed by atoms with Crippen molar-refractivity contribution in [1.29, 1.82) is 0 Å². The summed E-state index contributed by atoms with van der Waals surface area (Å²) in [5.74, 6) is 0.805. The van der Waals surface area contributed by atoms with Crippen molar-refractivity contribution in [1.82, 2.24) is 29.7 Å². The number of carbonyl (C=O) groups excluding carboxylic acids is 1. The number of benzene rings is 1. The molecule has 1 saturated heterocycles. The van der Waals surface area contributed by atoms with Gasteiger partial charge in [0.1, 0.15) is 0 Å². The van der Waals surface area contributed by atoms with Gasteiger partial charge < -0.3 is 5.32 Å². The highest BCUT2D eigenvalue weighted by atomic mass is 35.5. The number of aromatic nitrogens is 3. The van der Waals surface area contributed by atoms with Crippen LogP contribution in [-0.4, -0.2) is 75.0 Å². The SMILES string of the molecule is CC(C)C(CNC(=O)c1cn(-c2ncccn2)c2cccc(Cl)c12)N1CCN(C(C)C)CC1. The fraction of sp³-hybridized carbons (Fsp3) is 0.480. The van der Waals surface area contributed by atoms with Crippen LogP contribution in [-0.2, 0) is 0 Å². The first kappa shape index (κ1) is 23.7. The van der Waals surface area contributed by atoms with Gasteiger partial charge in [-0.05, 0) is 38.0 Å². The number of rotatable bonds is 7. The highest BCUT2D eigenvalue weighted by Gasteiger charge is 2.28. The molecule has 1 atom stereocenters. The van der Waals surface area contributed by atoms with E-state index in [1.165, 1.54) is 0 Å². The Morgan fingerprint density at radius 1 is 1.03 bits per heavy atom. The van der Waals surface area contributed by atoms with Gasteiger partial charge in [0.2, 0.25) is 5.95 Å². The third-order valence-electron chi connectivity index (χ3n) is 6.58. The Balaban J connectivity index is 1.54. The molecule has 33 heavy (non-hydrogen) atoms. The molecule has 1 aromatic carbocycles. The lowest BCUT2D eigenvalue weighted by molar-refractivity contribution is 0.0596. The van der Waals surface area contributed by atoms with E-state index in [9.17, 15) is 4.79 Å². The Labute approximate surface area is 200 Å². The van der Waals surface area contributed by atoms with Gasteiger partial charge in [0.25, 0.3) is 5.91 Å². The quantitative estimate of drug-likeness (QED) is 0.570. The molecule has 1 aliphatic rings. The molecule has 3 aromatic rings. The van der Waals surface area contributed by atoms with Crippen LogP contribution in [0.4, 0.5) is 0 Å². The van der Waals surface area contributed by atoms with Crippen LogP contribution in [0.2, 0.25) is 5.02 Å². The topological polar surface area (TPSA) is 66.3 Å². The van der Waals surface area contributed by atoms with Crippen LogP contribution in [0, 0.1) is 5.92 Å². The molecule has 3 heterocycles. The summed E-state index contributed by atoms with van der Waals surface area (Å²) < 4.78 is 1.82. The van der Waals surface area contributed by atoms with Crippen molar-refractivity contribution >= 4 is 28.4 Å². The summed E-state index contributed by atoms with van der Waals surface area (Å²) in [6.07, 6.45) is 5.16. The molecule has 0 radical (unpaired) electrons. The first-order valence-corrected chi connectivity index (χ1v) is 12.1. The van der Waals surface area contributed by atoms with E-state index < -0.39 is 0 Å². The summed E-state index contributed by atoms with van der Waals surface area (Å²) >= 11 is 6.53. The Morgan fingerprint density at radius 3 is 2.33 bits per heavy atom. The van der Waals surface area contributed by atoms with Crippen molar-refractivity contribution in [2.75, 3.05) is 32.7 Å². The zero-order valence-electron chi connectivity index (χ0n) is 19.8. The minimum Gasteiger partial charge on any atom is -0.350 e. The monoisotopic (exact) mass is 468 g/mol. The van der Waals surface area contributed by atoms with Gasteiger partial charge in [0.05, 0.1) is 16.1 Å². The van der Waals surface area contributed by atoms with E-state index in [4.69, 9.17) is 11.6 Å². The first-order valence-electron chi connectivity index (χ1n) is 11.7. The summed E-state index contributed by atoms with van der Waals surface area (Å²) in [6.45, 7) is 13.7. The van der Waals surface area contributed by atoms with Gasteiger partial charge in [0.15, 0.2) is 0 Å². The first-order chi connectivity index (χ1) is 15.9. The third-order valence-corrected chi connectivity index (χ3v) is 6.90. The van der Waals surface area contributed by atoms with Crippen molar-refractivity contribution < 1.29 is 4.79 Å². The van der Waals surface area contributed by atoms with Crippen LogP contribution in [0.1, 0.15) is 38.1 Å². The van der Waals surface area contributed by atoms with Crippen LogP contribution in [0.5, 0.6) is 0 Å². The van der Waals surface area contributed by atoms with Crippen molar-refractivity contribution in [3.8, 4) is 5.95 Å². The van der Waals surface area contributed by atoms with E-state index in [0.717, 1.165) is 37.1 Å². The maximum absolute atomic E-state index is 13.4. The molecule has 0 bridgehead atoms. The number of amides is 1. The molecule has 4 rings (SSSR count). The molecular formula is C25H33ClN6O. The molecule has 1 unspecified atom stereocenters. The average Bonchev–Trinajstić information content (AvgIpc) is 3.21. The summed E-state index contributed by atoms with van der Waals surface area (Å²) in [6, 6.07) is 8.23. The normalized spacial score (nSPS) is 16.6. The molecule has 0 spiro atoms. The fourth-order valence-corrected chi connectivity index (χ4v) is 4.93. The third kappa shape index (κ3) is 5.05. The lowest BCUT2D eigenvalue weighted by atomic mass is 10.0. The number of piperazine rings is 1. The van der Waals surface area contributed by atoms with E-state index in [0.29, 0.717) is 35.0 Å². The molecule has 1 amide bonds. The van der Waals surface area contributed by atoms with Crippen LogP contribution < -0.4 is 5.32 Å². The average molecular weight is 469 g/mol. The standard InChI is InChI=1S/C25H33ClN6O/c1-17(2)22(31-13-11-30(12-14-31)18(3)4)15-29-24(33)19-16-32(25-27-9-6-10-28-25)21-8-5-7-20(26)23(19)21/h5-10,16-18,22H,11-15H2,1-4H3,(H,29,33). The van der Waals surface area contributed by atoms with Crippen molar-refractivity contribution in [2.45, 2.75) is 39.8 Å². The predicted molar refractivity (Wildman–Crippen MR) is 133 cm³/mol. The van der Waals surface area contributed by atoms with Gasteiger partial charge in [-0.3, -0.25) is 19.2 Å². The summed E-state index contributed by atoms with van der Waals surface area (Å²) in [5, 5.41) is 4.45. The Hall–Kier alpha value is -2.48. The lowest BCUT2D eigenvalue weighted by Gasteiger charge is -2.42. The smallest absolute Gasteiger partial charge is 0.253 e. The fourth-order valence-electron chi connectivity index (χ4n) is 4.66. The molecule has 176 valence electrons. The highest BCUT2D eigenvalue weighted by Crippen LogP contribution is 2.30. The highest BCUT2D eigenvalue weighted by molar-refractivity contribution is 6.37. The maximum Gasteiger partial charge on any atom is 0.253 e. The second kappa shape index (κ2) is 10.2. The van der Waals surface area contributed by atoms with Crippen LogP contribution in [0.15, 0.2) is 42.9 Å². The number of hydrogen-bond donors (Lipinski definition) is 1. The van der Waals surface area contributed by atoms with Crippen molar-refractivity contribution in [2.24, 2.45) is 5.92 Å². The summed E-state index contributed by atoms with van der Waals surface area (Å²) in [4.78, 5) is 27.1. The maximum atomic E-state index is 13.4. The van der Waals surface area contributed by atoms with Crippen molar-refractivity contribution in [3.05, 3.63) is 53.4 Å². The van der Waals surface area contributed by atoms with Crippen LogP contribution in [0.25, 0.3) is 16.9 Å². The molecule has 7 nitrogen and oxygen atoms in total. The molecule has 0 aliphatic carbocycles. The largest absolute Gasteiger partial charge is 0.350 e. The van der Waals surface area contributed by atoms with E-state index >= 15 is 0 Å². The molecular weight excluding hydrogens is 436 g/mol. The summed E-state index contributed by atoms with van der Waals surface area (Å²) in [7, 11) is 0. The molecule has 1 fully saturated rings. The van der Waals surface area contributed by atoms with E-state index in [2.05, 4.69) is 52.8 Å². The molecule has 8 heteroatoms. The zero-order chi connectivity index (χ0) is 23.5. The van der Waals surface area contributed by atoms with E-state index in [1.54, 1.807) is 24.7 Å². The number of fused-ring (bicyclic) bond motifs is 1. The Kier molecular flexibility index (Phi) is 7.32. The Bertz CT molecular complexity index is 1090. The minimum absolute atomic E-state index is 0.130. The number of hydrogen-bond acceptors (Lipinski definition) is 5. The van der Waals surface area contributed by atoms with Gasteiger partial charge in [-0.1, -0.05) is 31.5 Å². The van der Waals surface area contributed by atoms with Gasteiger partial charge in [-0.15, -0.1) is 0 Å². The van der Waals surface area contributed by atoms with E-state index in [-0.39, 0.29) is 11.9 Å². The lowest BCUT2D eigenvalue weighted by Crippen LogP contribution is -2.56. The minimum atomic E-state index is -0.130. The predicted octanol–water partition coefficient (Wildman–Crippen LogP) is 3.85. The molecule has 1 aliphatic heterocycles. The van der Waals surface area contributed by atoms with Crippen molar-refractivity contribution in [3.63, 3.8) is 0 Å². The second-order valence-electron chi connectivity index (χ2n) is 9.28. The molecule has 0 saturated carbocycles. The van der Waals surface area contributed by atoms with E-state index in [1.807, 2.05) is 22.8 Å². The number of nitrogens with zero attached hydrogens (tertiary/aromatic N) is 5. The number of carbonyl (C=O) groups is 1. The van der Waals surface area contributed by atoms with Gasteiger partial charge in [-0.2, -0.15) is 0 Å². The van der Waals surface area contributed by atoms with Crippen LogP contribution >= 0.6 is 11.6 Å².